The Hall–Kier alpha value is -2.64. The van der Waals surface area contributed by atoms with Gasteiger partial charge in [0.15, 0.2) is 5.69 Å². The molecule has 146 valence electrons. The van der Waals surface area contributed by atoms with Crippen LogP contribution < -0.4 is 4.90 Å². The van der Waals surface area contributed by atoms with Gasteiger partial charge in [-0.1, -0.05) is 0 Å². The number of ether oxygens (including phenoxy) is 2. The number of H-pyrrole nitrogens is 1. The second-order valence-electron chi connectivity index (χ2n) is 6.59. The van der Waals surface area contributed by atoms with Gasteiger partial charge in [-0.05, 0) is 50.2 Å². The van der Waals surface area contributed by atoms with Gasteiger partial charge >= 0.3 is 5.97 Å². The molecule has 0 unspecified atom stereocenters. The van der Waals surface area contributed by atoms with E-state index in [1.165, 1.54) is 10.6 Å². The van der Waals surface area contributed by atoms with Crippen LogP contribution in [0.15, 0.2) is 36.4 Å². The molecule has 1 saturated heterocycles. The Morgan fingerprint density at radius 2 is 1.96 bits per heavy atom. The van der Waals surface area contributed by atoms with Gasteiger partial charge in [0.1, 0.15) is 5.82 Å². The summed E-state index contributed by atoms with van der Waals surface area (Å²) >= 11 is 1.62. The van der Waals surface area contributed by atoms with Crippen LogP contribution in [0.4, 0.5) is 5.69 Å². The SMILES string of the molecule is CCOC(=O)c1nc(-c2ccc(N3CCOCC3)cc2)[nH]c1-c1ccc(C)s1. The minimum atomic E-state index is -0.406. The second kappa shape index (κ2) is 8.16. The lowest BCUT2D eigenvalue weighted by Gasteiger charge is -2.28. The third-order valence-electron chi connectivity index (χ3n) is 4.68. The number of esters is 1. The van der Waals surface area contributed by atoms with E-state index < -0.39 is 5.97 Å². The van der Waals surface area contributed by atoms with E-state index in [1.54, 1.807) is 18.3 Å². The Labute approximate surface area is 168 Å². The van der Waals surface area contributed by atoms with Crippen LogP contribution in [0, 0.1) is 6.92 Å². The zero-order valence-corrected chi connectivity index (χ0v) is 16.8. The van der Waals surface area contributed by atoms with Crippen molar-refractivity contribution in [3.05, 3.63) is 47.0 Å². The molecule has 7 heteroatoms. The van der Waals surface area contributed by atoms with Crippen molar-refractivity contribution >= 4 is 23.0 Å². The van der Waals surface area contributed by atoms with Crippen molar-refractivity contribution in [3.8, 4) is 22.0 Å². The number of hydrogen-bond donors (Lipinski definition) is 1. The summed E-state index contributed by atoms with van der Waals surface area (Å²) in [5, 5.41) is 0. The van der Waals surface area contributed by atoms with Crippen molar-refractivity contribution in [1.82, 2.24) is 9.97 Å². The number of rotatable bonds is 5. The highest BCUT2D eigenvalue weighted by atomic mass is 32.1. The molecular formula is C21H23N3O3S. The molecule has 1 aliphatic heterocycles. The largest absolute Gasteiger partial charge is 0.461 e. The van der Waals surface area contributed by atoms with Crippen LogP contribution in [0.5, 0.6) is 0 Å². The molecule has 3 aromatic rings. The molecule has 3 heterocycles. The van der Waals surface area contributed by atoms with E-state index in [-0.39, 0.29) is 0 Å². The van der Waals surface area contributed by atoms with Crippen LogP contribution in [0.25, 0.3) is 22.0 Å². The number of morpholine rings is 1. The lowest BCUT2D eigenvalue weighted by Crippen LogP contribution is -2.36. The van der Waals surface area contributed by atoms with E-state index in [2.05, 4.69) is 27.0 Å². The molecule has 6 nitrogen and oxygen atoms in total. The number of carbonyl (C=O) groups excluding carboxylic acids is 1. The molecule has 0 atom stereocenters. The Bertz CT molecular complexity index is 956. The highest BCUT2D eigenvalue weighted by molar-refractivity contribution is 7.15. The number of anilines is 1. The summed E-state index contributed by atoms with van der Waals surface area (Å²) in [5.74, 6) is 0.258. The number of imidazole rings is 1. The van der Waals surface area contributed by atoms with Crippen LogP contribution in [-0.2, 0) is 9.47 Å². The molecule has 2 aromatic heterocycles. The number of thiophene rings is 1. The summed E-state index contributed by atoms with van der Waals surface area (Å²) in [6.45, 7) is 7.46. The van der Waals surface area contributed by atoms with Crippen molar-refractivity contribution in [2.75, 3.05) is 37.8 Å². The third-order valence-corrected chi connectivity index (χ3v) is 5.69. The molecule has 0 spiro atoms. The number of aromatic nitrogens is 2. The average molecular weight is 398 g/mol. The Balaban J connectivity index is 1.66. The Morgan fingerprint density at radius 3 is 2.61 bits per heavy atom. The van der Waals surface area contributed by atoms with E-state index in [1.807, 2.05) is 31.2 Å². The standard InChI is InChI=1S/C21H23N3O3S/c1-3-27-21(25)19-18(17-9-4-14(2)28-17)22-20(23-19)15-5-7-16(8-6-15)24-10-12-26-13-11-24/h4-9H,3,10-13H2,1-2H3,(H,22,23). The summed E-state index contributed by atoms with van der Waals surface area (Å²) in [7, 11) is 0. The first kappa shape index (κ1) is 18.7. The second-order valence-corrected chi connectivity index (χ2v) is 7.87. The molecule has 0 saturated carbocycles. The van der Waals surface area contributed by atoms with Crippen LogP contribution in [0.1, 0.15) is 22.3 Å². The van der Waals surface area contributed by atoms with Crippen molar-refractivity contribution in [3.63, 3.8) is 0 Å². The molecule has 1 N–H and O–H groups in total. The van der Waals surface area contributed by atoms with Crippen molar-refractivity contribution < 1.29 is 14.3 Å². The monoisotopic (exact) mass is 397 g/mol. The minimum absolute atomic E-state index is 0.318. The quantitative estimate of drug-likeness (QED) is 0.656. The highest BCUT2D eigenvalue weighted by Crippen LogP contribution is 2.32. The molecule has 0 amide bonds. The van der Waals surface area contributed by atoms with Crippen LogP contribution in [-0.4, -0.2) is 48.8 Å². The van der Waals surface area contributed by atoms with Gasteiger partial charge in [-0.15, -0.1) is 11.3 Å². The fraction of sp³-hybridized carbons (Fsp3) is 0.333. The Morgan fingerprint density at radius 1 is 1.21 bits per heavy atom. The zero-order valence-electron chi connectivity index (χ0n) is 16.0. The van der Waals surface area contributed by atoms with Crippen molar-refractivity contribution in [1.29, 1.82) is 0 Å². The fourth-order valence-corrected chi connectivity index (χ4v) is 4.12. The van der Waals surface area contributed by atoms with E-state index in [0.29, 0.717) is 23.8 Å². The average Bonchev–Trinajstić information content (AvgIpc) is 3.35. The molecule has 0 radical (unpaired) electrons. The first-order chi connectivity index (χ1) is 13.7. The summed E-state index contributed by atoms with van der Waals surface area (Å²) in [4.78, 5) is 24.8. The van der Waals surface area contributed by atoms with Crippen LogP contribution >= 0.6 is 11.3 Å². The van der Waals surface area contributed by atoms with E-state index in [4.69, 9.17) is 9.47 Å². The highest BCUT2D eigenvalue weighted by Gasteiger charge is 2.22. The predicted molar refractivity (Wildman–Crippen MR) is 111 cm³/mol. The summed E-state index contributed by atoms with van der Waals surface area (Å²) in [6.07, 6.45) is 0. The number of hydrogen-bond acceptors (Lipinski definition) is 6. The van der Waals surface area contributed by atoms with Gasteiger partial charge in [-0.3, -0.25) is 0 Å². The lowest BCUT2D eigenvalue weighted by molar-refractivity contribution is 0.0521. The number of nitrogens with zero attached hydrogens (tertiary/aromatic N) is 2. The van der Waals surface area contributed by atoms with Gasteiger partial charge in [-0.2, -0.15) is 0 Å². The molecule has 1 aliphatic rings. The van der Waals surface area contributed by atoms with Gasteiger partial charge in [0, 0.05) is 29.2 Å². The molecule has 28 heavy (non-hydrogen) atoms. The topological polar surface area (TPSA) is 67.4 Å². The van der Waals surface area contributed by atoms with E-state index in [0.717, 1.165) is 36.7 Å². The fourth-order valence-electron chi connectivity index (χ4n) is 3.26. The van der Waals surface area contributed by atoms with Crippen LogP contribution in [0.2, 0.25) is 0 Å². The summed E-state index contributed by atoms with van der Waals surface area (Å²) < 4.78 is 10.6. The first-order valence-corrected chi connectivity index (χ1v) is 10.2. The molecule has 0 bridgehead atoms. The van der Waals surface area contributed by atoms with Crippen molar-refractivity contribution in [2.24, 2.45) is 0 Å². The number of carbonyl (C=O) groups is 1. The van der Waals surface area contributed by atoms with Crippen molar-refractivity contribution in [2.45, 2.75) is 13.8 Å². The molecule has 4 rings (SSSR count). The maximum absolute atomic E-state index is 12.4. The smallest absolute Gasteiger partial charge is 0.359 e. The van der Waals surface area contributed by atoms with Gasteiger partial charge in [-0.25, -0.2) is 9.78 Å². The first-order valence-electron chi connectivity index (χ1n) is 9.42. The zero-order chi connectivity index (χ0) is 19.5. The number of aryl methyl sites for hydroxylation is 1. The predicted octanol–water partition coefficient (Wildman–Crippen LogP) is 4.13. The van der Waals surface area contributed by atoms with Gasteiger partial charge in [0.2, 0.25) is 0 Å². The maximum Gasteiger partial charge on any atom is 0.359 e. The third kappa shape index (κ3) is 3.81. The molecule has 1 fully saturated rings. The van der Waals surface area contributed by atoms with E-state index in [9.17, 15) is 4.79 Å². The van der Waals surface area contributed by atoms with E-state index >= 15 is 0 Å². The lowest BCUT2D eigenvalue weighted by atomic mass is 10.2. The molecule has 0 aliphatic carbocycles. The summed E-state index contributed by atoms with van der Waals surface area (Å²) in [6, 6.07) is 12.3. The molecule has 1 aromatic carbocycles. The Kier molecular flexibility index (Phi) is 5.45. The summed E-state index contributed by atoms with van der Waals surface area (Å²) in [5.41, 5.74) is 3.14. The van der Waals surface area contributed by atoms with Crippen LogP contribution in [0.3, 0.4) is 0 Å². The number of benzene rings is 1. The number of aromatic amines is 1. The van der Waals surface area contributed by atoms with Gasteiger partial charge in [0.25, 0.3) is 0 Å². The minimum Gasteiger partial charge on any atom is -0.461 e. The number of nitrogens with one attached hydrogen (secondary N) is 1. The normalized spacial score (nSPS) is 14.3. The van der Waals surface area contributed by atoms with Gasteiger partial charge in [0.05, 0.1) is 30.4 Å². The van der Waals surface area contributed by atoms with Gasteiger partial charge < -0.3 is 19.4 Å². The maximum atomic E-state index is 12.4. The molecular weight excluding hydrogens is 374 g/mol.